The Labute approximate surface area is 134 Å². The Balaban J connectivity index is 0.00000242. The number of hydrogen-bond acceptors (Lipinski definition) is 3. The van der Waals surface area contributed by atoms with Crippen molar-refractivity contribution in [2.24, 2.45) is 11.7 Å². The van der Waals surface area contributed by atoms with Crippen LogP contribution in [-0.4, -0.2) is 25.1 Å². The molecule has 7 heteroatoms. The van der Waals surface area contributed by atoms with E-state index < -0.39 is 6.61 Å². The second-order valence-electron chi connectivity index (χ2n) is 5.53. The van der Waals surface area contributed by atoms with Gasteiger partial charge >= 0.3 is 6.61 Å². The summed E-state index contributed by atoms with van der Waals surface area (Å²) < 4.78 is 29.1. The van der Waals surface area contributed by atoms with E-state index in [4.69, 9.17) is 5.73 Å². The largest absolute Gasteiger partial charge is 0.434 e. The van der Waals surface area contributed by atoms with Crippen LogP contribution in [0.3, 0.4) is 0 Å². The minimum atomic E-state index is -2.88. The average Bonchev–Trinajstić information content (AvgIpc) is 3.23. The second kappa shape index (κ2) is 7.74. The zero-order chi connectivity index (χ0) is 15.6. The molecule has 1 atom stereocenters. The van der Waals surface area contributed by atoms with E-state index in [2.05, 4.69) is 10.1 Å². The van der Waals surface area contributed by atoms with Crippen molar-refractivity contribution in [2.45, 2.75) is 39.3 Å². The van der Waals surface area contributed by atoms with Crippen molar-refractivity contribution in [3.63, 3.8) is 0 Å². The van der Waals surface area contributed by atoms with Gasteiger partial charge in [-0.1, -0.05) is 0 Å². The van der Waals surface area contributed by atoms with Gasteiger partial charge < -0.3 is 15.8 Å². The molecule has 0 heterocycles. The van der Waals surface area contributed by atoms with E-state index in [0.29, 0.717) is 29.2 Å². The Kier molecular flexibility index (Phi) is 6.56. The molecular formula is C15H21ClF2N2O2. The summed E-state index contributed by atoms with van der Waals surface area (Å²) in [6.07, 6.45) is 2.24. The van der Waals surface area contributed by atoms with Gasteiger partial charge in [0.1, 0.15) is 5.75 Å². The summed E-state index contributed by atoms with van der Waals surface area (Å²) in [4.78, 5) is 12.1. The second-order valence-corrected chi connectivity index (χ2v) is 5.53. The first-order valence-corrected chi connectivity index (χ1v) is 6.98. The van der Waals surface area contributed by atoms with E-state index in [0.717, 1.165) is 12.8 Å². The lowest BCUT2D eigenvalue weighted by Crippen LogP contribution is -2.38. The van der Waals surface area contributed by atoms with E-state index in [9.17, 15) is 13.6 Å². The van der Waals surface area contributed by atoms with Crippen LogP contribution in [-0.2, 0) is 0 Å². The number of nitrogens with two attached hydrogens (primary N) is 1. The summed E-state index contributed by atoms with van der Waals surface area (Å²) >= 11 is 0. The van der Waals surface area contributed by atoms with Gasteiger partial charge in [-0.2, -0.15) is 8.78 Å². The van der Waals surface area contributed by atoms with Gasteiger partial charge in [-0.05, 0) is 55.9 Å². The number of alkyl halides is 2. The van der Waals surface area contributed by atoms with Gasteiger partial charge in [0.25, 0.3) is 5.91 Å². The first kappa shape index (κ1) is 18.6. The molecule has 0 radical (unpaired) electrons. The molecule has 0 aliphatic heterocycles. The van der Waals surface area contributed by atoms with E-state index in [-0.39, 0.29) is 30.1 Å². The topological polar surface area (TPSA) is 64.4 Å². The molecule has 22 heavy (non-hydrogen) atoms. The maximum atomic E-state index is 12.3. The molecule has 0 saturated heterocycles. The number of benzene rings is 1. The van der Waals surface area contributed by atoms with Crippen LogP contribution in [0.25, 0.3) is 0 Å². The maximum Gasteiger partial charge on any atom is 0.387 e. The lowest BCUT2D eigenvalue weighted by atomic mass is 10.0. The van der Waals surface area contributed by atoms with Crippen LogP contribution in [0, 0.1) is 19.8 Å². The highest BCUT2D eigenvalue weighted by Crippen LogP contribution is 2.31. The van der Waals surface area contributed by atoms with Crippen molar-refractivity contribution in [2.75, 3.05) is 6.54 Å². The van der Waals surface area contributed by atoms with Gasteiger partial charge in [-0.15, -0.1) is 12.4 Å². The van der Waals surface area contributed by atoms with E-state index in [1.54, 1.807) is 26.0 Å². The average molecular weight is 335 g/mol. The molecule has 124 valence electrons. The molecule has 1 unspecified atom stereocenters. The smallest absolute Gasteiger partial charge is 0.387 e. The molecule has 0 aromatic heterocycles. The van der Waals surface area contributed by atoms with E-state index in [1.165, 1.54) is 0 Å². The number of carbonyl (C=O) groups is 1. The predicted octanol–water partition coefficient (Wildman–Crippen LogP) is 2.79. The monoisotopic (exact) mass is 334 g/mol. The van der Waals surface area contributed by atoms with Gasteiger partial charge in [0.05, 0.1) is 0 Å². The molecule has 1 aromatic carbocycles. The number of amides is 1. The first-order chi connectivity index (χ1) is 9.88. The number of nitrogens with one attached hydrogen (secondary N) is 1. The number of rotatable bonds is 6. The Morgan fingerprint density at radius 3 is 2.36 bits per heavy atom. The molecule has 1 aromatic rings. The quantitative estimate of drug-likeness (QED) is 0.840. The van der Waals surface area contributed by atoms with Crippen molar-refractivity contribution in [1.29, 1.82) is 0 Å². The molecule has 4 nitrogen and oxygen atoms in total. The summed E-state index contributed by atoms with van der Waals surface area (Å²) in [5, 5.41) is 2.78. The molecule has 1 fully saturated rings. The van der Waals surface area contributed by atoms with Gasteiger partial charge in [0, 0.05) is 18.2 Å². The summed E-state index contributed by atoms with van der Waals surface area (Å²) in [6.45, 7) is 0.824. The maximum absolute atomic E-state index is 12.3. The fourth-order valence-electron chi connectivity index (χ4n) is 2.36. The fourth-order valence-corrected chi connectivity index (χ4v) is 2.36. The van der Waals surface area contributed by atoms with Crippen LogP contribution < -0.4 is 15.8 Å². The van der Waals surface area contributed by atoms with E-state index >= 15 is 0 Å². The molecule has 3 N–H and O–H groups in total. The zero-order valence-corrected chi connectivity index (χ0v) is 13.4. The van der Waals surface area contributed by atoms with Crippen LogP contribution in [0.5, 0.6) is 5.75 Å². The third kappa shape index (κ3) is 4.81. The Morgan fingerprint density at radius 1 is 1.36 bits per heavy atom. The highest BCUT2D eigenvalue weighted by Gasteiger charge is 2.28. The summed E-state index contributed by atoms with van der Waals surface area (Å²) in [6, 6.07) is 3.07. The first-order valence-electron chi connectivity index (χ1n) is 6.98. The Morgan fingerprint density at radius 2 is 1.91 bits per heavy atom. The molecule has 2 rings (SSSR count). The van der Waals surface area contributed by atoms with Crippen molar-refractivity contribution < 1.29 is 18.3 Å². The zero-order valence-electron chi connectivity index (χ0n) is 12.6. The molecule has 1 aliphatic rings. The number of ether oxygens (including phenoxy) is 1. The Hall–Kier alpha value is -1.40. The fraction of sp³-hybridized carbons (Fsp3) is 0.533. The molecule has 1 amide bonds. The van der Waals surface area contributed by atoms with Gasteiger partial charge in [-0.25, -0.2) is 0 Å². The predicted molar refractivity (Wildman–Crippen MR) is 82.8 cm³/mol. The SMILES string of the molecule is Cc1cc(C(=O)NCC(N)C2CC2)cc(C)c1OC(F)F.Cl. The van der Waals surface area contributed by atoms with Crippen molar-refractivity contribution in [3.8, 4) is 5.75 Å². The number of aryl methyl sites for hydroxylation is 2. The molecule has 0 spiro atoms. The van der Waals surface area contributed by atoms with Crippen LogP contribution in [0.4, 0.5) is 8.78 Å². The third-order valence-corrected chi connectivity index (χ3v) is 3.66. The molecule has 1 aliphatic carbocycles. The standard InChI is InChI=1S/C15H20F2N2O2.ClH/c1-8-5-11(6-9(2)13(8)21-15(16)17)14(20)19-7-12(18)10-3-4-10;/h5-6,10,12,15H,3-4,7,18H2,1-2H3,(H,19,20);1H. The minimum absolute atomic E-state index is 0. The normalized spacial score (nSPS) is 15.2. The lowest BCUT2D eigenvalue weighted by molar-refractivity contribution is -0.0507. The number of halogens is 3. The van der Waals surface area contributed by atoms with Crippen LogP contribution in [0.2, 0.25) is 0 Å². The summed E-state index contributed by atoms with van der Waals surface area (Å²) in [7, 11) is 0. The van der Waals surface area contributed by atoms with Crippen molar-refractivity contribution >= 4 is 18.3 Å². The number of carbonyl (C=O) groups excluding carboxylic acids is 1. The minimum Gasteiger partial charge on any atom is -0.434 e. The summed E-state index contributed by atoms with van der Waals surface area (Å²) in [5.74, 6) is 0.382. The van der Waals surface area contributed by atoms with Crippen LogP contribution >= 0.6 is 12.4 Å². The van der Waals surface area contributed by atoms with Crippen LogP contribution in [0.1, 0.15) is 34.3 Å². The summed E-state index contributed by atoms with van der Waals surface area (Å²) in [5.41, 5.74) is 7.36. The van der Waals surface area contributed by atoms with Crippen molar-refractivity contribution in [3.05, 3.63) is 28.8 Å². The van der Waals surface area contributed by atoms with Gasteiger partial charge in [0.2, 0.25) is 0 Å². The lowest BCUT2D eigenvalue weighted by Gasteiger charge is -2.15. The van der Waals surface area contributed by atoms with Crippen LogP contribution in [0.15, 0.2) is 12.1 Å². The van der Waals surface area contributed by atoms with E-state index in [1.807, 2.05) is 0 Å². The molecule has 1 saturated carbocycles. The highest BCUT2D eigenvalue weighted by atomic mass is 35.5. The Bertz CT molecular complexity index is 513. The van der Waals surface area contributed by atoms with Gasteiger partial charge in [0.15, 0.2) is 0 Å². The van der Waals surface area contributed by atoms with Crippen molar-refractivity contribution in [1.82, 2.24) is 5.32 Å². The molecule has 0 bridgehead atoms. The highest BCUT2D eigenvalue weighted by molar-refractivity contribution is 5.94. The third-order valence-electron chi connectivity index (χ3n) is 3.66. The molecular weight excluding hydrogens is 314 g/mol. The number of hydrogen-bond donors (Lipinski definition) is 2. The van der Waals surface area contributed by atoms with Gasteiger partial charge in [-0.3, -0.25) is 4.79 Å².